The maximum atomic E-state index is 11.9. The normalized spacial score (nSPS) is 11.8. The number of amides is 1. The Morgan fingerprint density at radius 1 is 1.45 bits per heavy atom. The van der Waals surface area contributed by atoms with Crippen LogP contribution >= 0.6 is 0 Å². The summed E-state index contributed by atoms with van der Waals surface area (Å²) in [7, 11) is 0. The van der Waals surface area contributed by atoms with Gasteiger partial charge in [0.25, 0.3) is 0 Å². The summed E-state index contributed by atoms with van der Waals surface area (Å²) in [5.74, 6) is 0.661. The molecule has 0 saturated carbocycles. The third-order valence-corrected chi connectivity index (χ3v) is 2.80. The Morgan fingerprint density at radius 3 is 2.90 bits per heavy atom. The molecule has 1 atom stereocenters. The standard InChI is InChI=1S/C14H13N3O3/c1-2-5-11(14(19)20)16-13(18)8-17-9-15-10-6-3-4-7-12(10)17/h1,3-4,6-7,9,11H,5,8H2,(H,16,18)(H,19,20). The molecule has 102 valence electrons. The highest BCUT2D eigenvalue weighted by Gasteiger charge is 2.19. The second-order valence-corrected chi connectivity index (χ2v) is 4.23. The first-order chi connectivity index (χ1) is 9.61. The van der Waals surface area contributed by atoms with Gasteiger partial charge in [0.1, 0.15) is 12.6 Å². The van der Waals surface area contributed by atoms with Crippen LogP contribution in [0.3, 0.4) is 0 Å². The Kier molecular flexibility index (Phi) is 4.01. The number of nitrogens with one attached hydrogen (secondary N) is 1. The van der Waals surface area contributed by atoms with Gasteiger partial charge in [-0.1, -0.05) is 12.1 Å². The number of imidazole rings is 1. The van der Waals surface area contributed by atoms with Crippen LogP contribution in [0.4, 0.5) is 0 Å². The second-order valence-electron chi connectivity index (χ2n) is 4.23. The number of terminal acetylenes is 1. The number of benzene rings is 1. The first kappa shape index (κ1) is 13.6. The molecule has 0 aliphatic rings. The predicted molar refractivity (Wildman–Crippen MR) is 72.7 cm³/mol. The van der Waals surface area contributed by atoms with E-state index in [1.54, 1.807) is 10.9 Å². The predicted octanol–water partition coefficient (Wildman–Crippen LogP) is 0.629. The number of fused-ring (bicyclic) bond motifs is 1. The van der Waals surface area contributed by atoms with Gasteiger partial charge in [-0.25, -0.2) is 9.78 Å². The van der Waals surface area contributed by atoms with Crippen LogP contribution in [0.2, 0.25) is 0 Å². The molecule has 0 spiro atoms. The molecule has 6 heteroatoms. The van der Waals surface area contributed by atoms with Gasteiger partial charge in [-0.05, 0) is 12.1 Å². The molecule has 0 saturated heterocycles. The van der Waals surface area contributed by atoms with Crippen molar-refractivity contribution in [2.45, 2.75) is 19.0 Å². The van der Waals surface area contributed by atoms with Gasteiger partial charge in [0, 0.05) is 6.42 Å². The van der Waals surface area contributed by atoms with Crippen LogP contribution < -0.4 is 5.32 Å². The van der Waals surface area contributed by atoms with Crippen LogP contribution in [0.5, 0.6) is 0 Å². The van der Waals surface area contributed by atoms with Crippen molar-refractivity contribution >= 4 is 22.9 Å². The number of hydrogen-bond donors (Lipinski definition) is 2. The van der Waals surface area contributed by atoms with Gasteiger partial charge in [-0.15, -0.1) is 12.3 Å². The number of para-hydroxylation sites is 2. The van der Waals surface area contributed by atoms with Crippen molar-refractivity contribution in [3.05, 3.63) is 30.6 Å². The molecule has 0 fully saturated rings. The lowest BCUT2D eigenvalue weighted by atomic mass is 10.2. The summed E-state index contributed by atoms with van der Waals surface area (Å²) < 4.78 is 1.65. The van der Waals surface area contributed by atoms with Crippen molar-refractivity contribution in [1.82, 2.24) is 14.9 Å². The third-order valence-electron chi connectivity index (χ3n) is 2.80. The van der Waals surface area contributed by atoms with Crippen molar-refractivity contribution in [2.75, 3.05) is 0 Å². The van der Waals surface area contributed by atoms with E-state index >= 15 is 0 Å². The minimum atomic E-state index is -1.15. The van der Waals surface area contributed by atoms with E-state index < -0.39 is 17.9 Å². The Hall–Kier alpha value is -2.81. The second kappa shape index (κ2) is 5.89. The fourth-order valence-electron chi connectivity index (χ4n) is 1.85. The summed E-state index contributed by atoms with van der Waals surface area (Å²) in [5.41, 5.74) is 1.59. The molecule has 1 heterocycles. The van der Waals surface area contributed by atoms with Gasteiger partial charge in [-0.3, -0.25) is 4.79 Å². The highest BCUT2D eigenvalue weighted by molar-refractivity contribution is 5.85. The summed E-state index contributed by atoms with van der Waals surface area (Å²) in [4.78, 5) is 26.9. The van der Waals surface area contributed by atoms with Gasteiger partial charge in [0.2, 0.25) is 5.91 Å². The molecule has 2 rings (SSSR count). The van der Waals surface area contributed by atoms with E-state index in [-0.39, 0.29) is 13.0 Å². The van der Waals surface area contributed by atoms with Crippen LogP contribution in [0.15, 0.2) is 30.6 Å². The van der Waals surface area contributed by atoms with E-state index in [1.165, 1.54) is 0 Å². The molecule has 1 amide bonds. The van der Waals surface area contributed by atoms with Crippen molar-refractivity contribution < 1.29 is 14.7 Å². The maximum Gasteiger partial charge on any atom is 0.327 e. The molecular formula is C14H13N3O3. The molecular weight excluding hydrogens is 258 g/mol. The smallest absolute Gasteiger partial charge is 0.327 e. The molecule has 1 aromatic heterocycles. The summed E-state index contributed by atoms with van der Waals surface area (Å²) >= 11 is 0. The minimum Gasteiger partial charge on any atom is -0.480 e. The monoisotopic (exact) mass is 271 g/mol. The quantitative estimate of drug-likeness (QED) is 0.781. The number of carboxylic acids is 1. The third kappa shape index (κ3) is 2.95. The van der Waals surface area contributed by atoms with Crippen molar-refractivity contribution in [3.8, 4) is 12.3 Å². The number of hydrogen-bond acceptors (Lipinski definition) is 3. The Labute approximate surface area is 115 Å². The van der Waals surface area contributed by atoms with Gasteiger partial charge in [0.15, 0.2) is 0 Å². The topological polar surface area (TPSA) is 84.2 Å². The van der Waals surface area contributed by atoms with Crippen molar-refractivity contribution in [1.29, 1.82) is 0 Å². The number of nitrogens with zero attached hydrogens (tertiary/aromatic N) is 2. The number of carbonyl (C=O) groups excluding carboxylic acids is 1. The van der Waals surface area contributed by atoms with Crippen LogP contribution in [0.25, 0.3) is 11.0 Å². The number of aliphatic carboxylic acids is 1. The molecule has 1 unspecified atom stereocenters. The summed E-state index contributed by atoms with van der Waals surface area (Å²) in [6.45, 7) is -0.00509. The zero-order valence-electron chi connectivity index (χ0n) is 10.6. The van der Waals surface area contributed by atoms with Gasteiger partial charge < -0.3 is 15.0 Å². The fraction of sp³-hybridized carbons (Fsp3) is 0.214. The van der Waals surface area contributed by atoms with E-state index in [0.717, 1.165) is 11.0 Å². The molecule has 0 aliphatic heterocycles. The summed E-state index contributed by atoms with van der Waals surface area (Å²) in [5, 5.41) is 11.3. The SMILES string of the molecule is C#CCC(NC(=O)Cn1cnc2ccccc21)C(=O)O. The van der Waals surface area contributed by atoms with Crippen LogP contribution in [0, 0.1) is 12.3 Å². The van der Waals surface area contributed by atoms with Gasteiger partial charge in [0.05, 0.1) is 17.4 Å². The van der Waals surface area contributed by atoms with Crippen molar-refractivity contribution in [3.63, 3.8) is 0 Å². The Balaban J connectivity index is 2.08. The van der Waals surface area contributed by atoms with E-state index in [9.17, 15) is 9.59 Å². The fourth-order valence-corrected chi connectivity index (χ4v) is 1.85. The Morgan fingerprint density at radius 2 is 2.20 bits per heavy atom. The van der Waals surface area contributed by atoms with Crippen LogP contribution in [0.1, 0.15) is 6.42 Å². The van der Waals surface area contributed by atoms with Crippen LogP contribution in [-0.2, 0) is 16.1 Å². The van der Waals surface area contributed by atoms with E-state index in [4.69, 9.17) is 11.5 Å². The zero-order valence-corrected chi connectivity index (χ0v) is 10.6. The van der Waals surface area contributed by atoms with E-state index in [0.29, 0.717) is 0 Å². The molecule has 1 aromatic carbocycles. The summed E-state index contributed by atoms with van der Waals surface area (Å²) in [6.07, 6.45) is 6.57. The lowest BCUT2D eigenvalue weighted by Crippen LogP contribution is -2.41. The number of carbonyl (C=O) groups is 2. The number of carboxylic acid groups (broad SMARTS) is 1. The lowest BCUT2D eigenvalue weighted by Gasteiger charge is -2.12. The van der Waals surface area contributed by atoms with E-state index in [2.05, 4.69) is 16.2 Å². The average molecular weight is 271 g/mol. The summed E-state index contributed by atoms with van der Waals surface area (Å²) in [6, 6.07) is 6.31. The van der Waals surface area contributed by atoms with E-state index in [1.807, 2.05) is 24.3 Å². The zero-order chi connectivity index (χ0) is 14.5. The van der Waals surface area contributed by atoms with Crippen LogP contribution in [-0.4, -0.2) is 32.6 Å². The number of aromatic nitrogens is 2. The molecule has 2 N–H and O–H groups in total. The minimum absolute atomic E-state index is 0.00509. The lowest BCUT2D eigenvalue weighted by molar-refractivity contribution is -0.141. The Bertz CT molecular complexity index is 684. The first-order valence-electron chi connectivity index (χ1n) is 5.97. The highest BCUT2D eigenvalue weighted by Crippen LogP contribution is 2.11. The molecule has 0 bridgehead atoms. The number of rotatable bonds is 5. The first-order valence-corrected chi connectivity index (χ1v) is 5.97. The molecule has 2 aromatic rings. The van der Waals surface area contributed by atoms with Gasteiger partial charge >= 0.3 is 5.97 Å². The highest BCUT2D eigenvalue weighted by atomic mass is 16.4. The molecule has 20 heavy (non-hydrogen) atoms. The molecule has 0 radical (unpaired) electrons. The largest absolute Gasteiger partial charge is 0.480 e. The van der Waals surface area contributed by atoms with Gasteiger partial charge in [-0.2, -0.15) is 0 Å². The average Bonchev–Trinajstić information content (AvgIpc) is 2.81. The molecule has 0 aliphatic carbocycles. The molecule has 6 nitrogen and oxygen atoms in total. The maximum absolute atomic E-state index is 11.9. The van der Waals surface area contributed by atoms with Crippen molar-refractivity contribution in [2.24, 2.45) is 0 Å².